The molecule has 0 bridgehead atoms. The van der Waals surface area contributed by atoms with Gasteiger partial charge in [-0.05, 0) is 66.9 Å². The highest BCUT2D eigenvalue weighted by Crippen LogP contribution is 2.29. The van der Waals surface area contributed by atoms with Crippen molar-refractivity contribution in [1.29, 1.82) is 0 Å². The van der Waals surface area contributed by atoms with E-state index in [1.807, 2.05) is 32.0 Å². The van der Waals surface area contributed by atoms with E-state index in [0.717, 1.165) is 36.1 Å². The van der Waals surface area contributed by atoms with Gasteiger partial charge in [-0.1, -0.05) is 6.07 Å². The van der Waals surface area contributed by atoms with Crippen molar-refractivity contribution < 1.29 is 4.79 Å². The lowest BCUT2D eigenvalue weighted by molar-refractivity contribution is -0.125. The van der Waals surface area contributed by atoms with Gasteiger partial charge >= 0.3 is 0 Å². The van der Waals surface area contributed by atoms with E-state index in [0.29, 0.717) is 0 Å². The van der Waals surface area contributed by atoms with Crippen molar-refractivity contribution in [1.82, 2.24) is 5.32 Å². The first-order valence-electron chi connectivity index (χ1n) is 6.30. The molecule has 1 aliphatic rings. The minimum absolute atomic E-state index is 0.0965. The Morgan fingerprint density at radius 1 is 1.50 bits per heavy atom. The van der Waals surface area contributed by atoms with Gasteiger partial charge in [0.2, 0.25) is 5.91 Å². The molecular formula is C14H19BrN2O. The first-order valence-corrected chi connectivity index (χ1v) is 7.09. The average molecular weight is 311 g/mol. The van der Waals surface area contributed by atoms with E-state index in [9.17, 15) is 4.79 Å². The molecule has 1 heterocycles. The molecule has 0 aliphatic carbocycles. The van der Waals surface area contributed by atoms with Crippen LogP contribution in [0.4, 0.5) is 5.69 Å². The molecule has 2 rings (SSSR count). The summed E-state index contributed by atoms with van der Waals surface area (Å²) in [4.78, 5) is 12.4. The molecule has 1 saturated heterocycles. The van der Waals surface area contributed by atoms with Crippen LogP contribution in [0.3, 0.4) is 0 Å². The molecule has 1 unspecified atom stereocenters. The molecule has 98 valence electrons. The quantitative estimate of drug-likeness (QED) is 0.881. The van der Waals surface area contributed by atoms with Crippen LogP contribution in [-0.4, -0.2) is 19.0 Å². The second-order valence-electron chi connectivity index (χ2n) is 5.28. The molecule has 2 N–H and O–H groups in total. The second-order valence-corrected chi connectivity index (χ2v) is 6.13. The number of carbonyl (C=O) groups excluding carboxylic acids is 1. The van der Waals surface area contributed by atoms with Crippen LogP contribution >= 0.6 is 15.9 Å². The van der Waals surface area contributed by atoms with Crippen LogP contribution in [0.15, 0.2) is 22.7 Å². The molecule has 0 spiro atoms. The molecule has 0 radical (unpaired) electrons. The maximum Gasteiger partial charge on any atom is 0.231 e. The van der Waals surface area contributed by atoms with Crippen LogP contribution < -0.4 is 10.6 Å². The average Bonchev–Trinajstić information content (AvgIpc) is 2.33. The van der Waals surface area contributed by atoms with Gasteiger partial charge in [-0.15, -0.1) is 0 Å². The van der Waals surface area contributed by atoms with Crippen LogP contribution in [0.25, 0.3) is 0 Å². The number of halogens is 1. The van der Waals surface area contributed by atoms with E-state index >= 15 is 0 Å². The van der Waals surface area contributed by atoms with Gasteiger partial charge in [-0.25, -0.2) is 0 Å². The van der Waals surface area contributed by atoms with E-state index in [2.05, 4.69) is 26.6 Å². The predicted octanol–water partition coefficient (Wildman–Crippen LogP) is 3.09. The molecule has 4 heteroatoms. The zero-order valence-electron chi connectivity index (χ0n) is 10.8. The molecule has 0 saturated carbocycles. The normalized spacial score (nSPS) is 23.7. The van der Waals surface area contributed by atoms with Gasteiger partial charge in [-0.2, -0.15) is 0 Å². The topological polar surface area (TPSA) is 41.1 Å². The standard InChI is InChI=1S/C14H19BrN2O/c1-10-4-5-12(11(15)8-10)17-13(18)14(2)6-3-7-16-9-14/h4-5,8,16H,3,6-7,9H2,1-2H3,(H,17,18). The van der Waals surface area contributed by atoms with E-state index in [1.54, 1.807) is 0 Å². The lowest BCUT2D eigenvalue weighted by Crippen LogP contribution is -2.46. The van der Waals surface area contributed by atoms with Crippen molar-refractivity contribution in [2.45, 2.75) is 26.7 Å². The van der Waals surface area contributed by atoms with E-state index in [4.69, 9.17) is 0 Å². The fraction of sp³-hybridized carbons (Fsp3) is 0.500. The Balaban J connectivity index is 2.11. The number of piperidine rings is 1. The SMILES string of the molecule is Cc1ccc(NC(=O)C2(C)CCCNC2)c(Br)c1. The predicted molar refractivity (Wildman–Crippen MR) is 77.7 cm³/mol. The third kappa shape index (κ3) is 2.93. The van der Waals surface area contributed by atoms with Gasteiger partial charge in [0.1, 0.15) is 0 Å². The van der Waals surface area contributed by atoms with Gasteiger partial charge in [0.05, 0.1) is 11.1 Å². The van der Waals surface area contributed by atoms with Crippen LogP contribution in [0.1, 0.15) is 25.3 Å². The molecule has 1 aliphatic heterocycles. The highest BCUT2D eigenvalue weighted by molar-refractivity contribution is 9.10. The molecule has 3 nitrogen and oxygen atoms in total. The lowest BCUT2D eigenvalue weighted by atomic mass is 9.82. The monoisotopic (exact) mass is 310 g/mol. The number of hydrogen-bond acceptors (Lipinski definition) is 2. The van der Waals surface area contributed by atoms with E-state index < -0.39 is 0 Å². The summed E-state index contributed by atoms with van der Waals surface area (Å²) in [6.07, 6.45) is 1.99. The molecule has 1 atom stereocenters. The first-order chi connectivity index (χ1) is 8.51. The zero-order chi connectivity index (χ0) is 13.2. The summed E-state index contributed by atoms with van der Waals surface area (Å²) in [7, 11) is 0. The summed E-state index contributed by atoms with van der Waals surface area (Å²) in [5, 5.41) is 6.32. The summed E-state index contributed by atoms with van der Waals surface area (Å²) in [5.74, 6) is 0.0965. The highest BCUT2D eigenvalue weighted by atomic mass is 79.9. The smallest absolute Gasteiger partial charge is 0.231 e. The maximum absolute atomic E-state index is 12.4. The molecule has 1 amide bonds. The Morgan fingerprint density at radius 2 is 2.28 bits per heavy atom. The maximum atomic E-state index is 12.4. The van der Waals surface area contributed by atoms with Crippen LogP contribution in [0.2, 0.25) is 0 Å². The summed E-state index contributed by atoms with van der Waals surface area (Å²) in [5.41, 5.74) is 1.71. The molecule has 0 aromatic heterocycles. The van der Waals surface area contributed by atoms with Crippen molar-refractivity contribution >= 4 is 27.5 Å². The molecule has 1 fully saturated rings. The fourth-order valence-corrected chi connectivity index (χ4v) is 2.84. The number of hydrogen-bond donors (Lipinski definition) is 2. The van der Waals surface area contributed by atoms with E-state index in [-0.39, 0.29) is 11.3 Å². The summed E-state index contributed by atoms with van der Waals surface area (Å²) in [6.45, 7) is 5.82. The summed E-state index contributed by atoms with van der Waals surface area (Å²) in [6, 6.07) is 5.95. The Labute approximate surface area is 116 Å². The van der Waals surface area contributed by atoms with Crippen molar-refractivity contribution in [2.75, 3.05) is 18.4 Å². The number of aryl methyl sites for hydroxylation is 1. The minimum Gasteiger partial charge on any atom is -0.325 e. The van der Waals surface area contributed by atoms with Crippen molar-refractivity contribution in [3.05, 3.63) is 28.2 Å². The van der Waals surface area contributed by atoms with Crippen LogP contribution in [0, 0.1) is 12.3 Å². The Hall–Kier alpha value is -0.870. The Morgan fingerprint density at radius 3 is 2.89 bits per heavy atom. The molecular weight excluding hydrogens is 292 g/mol. The van der Waals surface area contributed by atoms with E-state index in [1.165, 1.54) is 5.56 Å². The number of amides is 1. The number of nitrogens with one attached hydrogen (secondary N) is 2. The van der Waals surface area contributed by atoms with Gasteiger partial charge in [0.25, 0.3) is 0 Å². The minimum atomic E-state index is -0.303. The second kappa shape index (κ2) is 5.41. The van der Waals surface area contributed by atoms with Crippen LogP contribution in [0.5, 0.6) is 0 Å². The number of benzene rings is 1. The zero-order valence-corrected chi connectivity index (χ0v) is 12.4. The Kier molecular flexibility index (Phi) is 4.07. The van der Waals surface area contributed by atoms with Gasteiger partial charge in [0, 0.05) is 11.0 Å². The lowest BCUT2D eigenvalue weighted by Gasteiger charge is -2.32. The van der Waals surface area contributed by atoms with Gasteiger partial charge < -0.3 is 10.6 Å². The van der Waals surface area contributed by atoms with Crippen molar-refractivity contribution in [3.8, 4) is 0 Å². The molecule has 1 aromatic rings. The molecule has 18 heavy (non-hydrogen) atoms. The largest absolute Gasteiger partial charge is 0.325 e. The fourth-order valence-electron chi connectivity index (χ4n) is 2.24. The number of anilines is 1. The summed E-state index contributed by atoms with van der Waals surface area (Å²) >= 11 is 3.49. The van der Waals surface area contributed by atoms with Gasteiger partial charge in [0.15, 0.2) is 0 Å². The highest BCUT2D eigenvalue weighted by Gasteiger charge is 2.34. The van der Waals surface area contributed by atoms with Crippen molar-refractivity contribution in [2.24, 2.45) is 5.41 Å². The third-order valence-corrected chi connectivity index (χ3v) is 4.17. The van der Waals surface area contributed by atoms with Crippen molar-refractivity contribution in [3.63, 3.8) is 0 Å². The van der Waals surface area contributed by atoms with Gasteiger partial charge in [-0.3, -0.25) is 4.79 Å². The Bertz CT molecular complexity index is 453. The summed E-state index contributed by atoms with van der Waals surface area (Å²) < 4.78 is 0.934. The van der Waals surface area contributed by atoms with Crippen LogP contribution in [-0.2, 0) is 4.79 Å². The molecule has 1 aromatic carbocycles. The number of carbonyl (C=O) groups is 1. The first kappa shape index (κ1) is 13.6. The number of rotatable bonds is 2. The third-order valence-electron chi connectivity index (χ3n) is 3.52.